The normalized spacial score (nSPS) is 21.9. The summed E-state index contributed by atoms with van der Waals surface area (Å²) >= 11 is 0. The van der Waals surface area contributed by atoms with E-state index in [2.05, 4.69) is 28.2 Å². The molecule has 1 aliphatic heterocycles. The molecule has 0 aliphatic carbocycles. The number of hydrogen-bond donors (Lipinski definition) is 1. The molecule has 1 saturated heterocycles. The van der Waals surface area contributed by atoms with Gasteiger partial charge in [0.15, 0.2) is 0 Å². The number of rotatable bonds is 1. The fourth-order valence-electron chi connectivity index (χ4n) is 2.10. The molecule has 1 unspecified atom stereocenters. The van der Waals surface area contributed by atoms with Crippen molar-refractivity contribution in [2.45, 2.75) is 12.3 Å². The molecule has 14 heavy (non-hydrogen) atoms. The van der Waals surface area contributed by atoms with E-state index in [1.54, 1.807) is 6.33 Å². The van der Waals surface area contributed by atoms with Gasteiger partial charge in [0.25, 0.3) is 0 Å². The quantitative estimate of drug-likeness (QED) is 0.743. The third-order valence-electron chi connectivity index (χ3n) is 2.85. The zero-order valence-corrected chi connectivity index (χ0v) is 7.86. The van der Waals surface area contributed by atoms with Crippen LogP contribution >= 0.6 is 0 Å². The molecule has 1 atom stereocenters. The molecule has 0 amide bonds. The Kier molecular flexibility index (Phi) is 1.77. The van der Waals surface area contributed by atoms with Crippen molar-refractivity contribution in [3.63, 3.8) is 0 Å². The van der Waals surface area contributed by atoms with E-state index in [-0.39, 0.29) is 0 Å². The lowest BCUT2D eigenvalue weighted by Crippen LogP contribution is -1.98. The highest BCUT2D eigenvalue weighted by Gasteiger charge is 2.20. The van der Waals surface area contributed by atoms with Crippen LogP contribution in [0, 0.1) is 0 Å². The van der Waals surface area contributed by atoms with Crippen LogP contribution in [-0.2, 0) is 4.74 Å². The lowest BCUT2D eigenvalue weighted by Gasteiger charge is -2.07. The van der Waals surface area contributed by atoms with Crippen LogP contribution in [0.5, 0.6) is 0 Å². The lowest BCUT2D eigenvalue weighted by atomic mass is 9.97. The Bertz CT molecular complexity index is 443. The number of benzene rings is 1. The second-order valence-electron chi connectivity index (χ2n) is 3.71. The van der Waals surface area contributed by atoms with Crippen LogP contribution in [0.3, 0.4) is 0 Å². The Morgan fingerprint density at radius 2 is 2.43 bits per heavy atom. The number of ether oxygens (including phenoxy) is 1. The second kappa shape index (κ2) is 3.10. The van der Waals surface area contributed by atoms with Gasteiger partial charge in [0, 0.05) is 12.5 Å². The number of H-pyrrole nitrogens is 1. The fraction of sp³-hybridized carbons (Fsp3) is 0.364. The lowest BCUT2D eigenvalue weighted by molar-refractivity contribution is 0.194. The summed E-state index contributed by atoms with van der Waals surface area (Å²) in [4.78, 5) is 7.48. The van der Waals surface area contributed by atoms with E-state index >= 15 is 0 Å². The van der Waals surface area contributed by atoms with Crippen molar-refractivity contribution < 1.29 is 4.74 Å². The summed E-state index contributed by atoms with van der Waals surface area (Å²) < 4.78 is 5.40. The number of nitrogens with zero attached hydrogens (tertiary/aromatic N) is 1. The Morgan fingerprint density at radius 1 is 1.43 bits per heavy atom. The Morgan fingerprint density at radius 3 is 3.29 bits per heavy atom. The molecule has 1 aliphatic rings. The SMILES string of the molecule is c1cc(C2CCOC2)c2nc[nH]c2c1. The minimum absolute atomic E-state index is 0.530. The number of para-hydroxylation sites is 1. The average Bonchev–Trinajstić information content (AvgIpc) is 2.88. The fourth-order valence-corrected chi connectivity index (χ4v) is 2.10. The largest absolute Gasteiger partial charge is 0.381 e. The van der Waals surface area contributed by atoms with E-state index in [0.29, 0.717) is 5.92 Å². The highest BCUT2D eigenvalue weighted by molar-refractivity contribution is 5.78. The van der Waals surface area contributed by atoms with Gasteiger partial charge in [-0.2, -0.15) is 0 Å². The molecule has 3 rings (SSSR count). The number of nitrogens with one attached hydrogen (secondary N) is 1. The minimum Gasteiger partial charge on any atom is -0.381 e. The Hall–Kier alpha value is -1.35. The summed E-state index contributed by atoms with van der Waals surface area (Å²) in [7, 11) is 0. The van der Waals surface area contributed by atoms with E-state index in [4.69, 9.17) is 4.74 Å². The molecule has 1 aromatic carbocycles. The molecule has 2 aromatic rings. The molecule has 1 fully saturated rings. The maximum atomic E-state index is 5.40. The first-order valence-electron chi connectivity index (χ1n) is 4.95. The highest BCUT2D eigenvalue weighted by Crippen LogP contribution is 2.29. The van der Waals surface area contributed by atoms with Crippen LogP contribution in [0.15, 0.2) is 24.5 Å². The zero-order chi connectivity index (χ0) is 9.38. The summed E-state index contributed by atoms with van der Waals surface area (Å²) in [5.74, 6) is 0.530. The summed E-state index contributed by atoms with van der Waals surface area (Å²) in [6.07, 6.45) is 2.87. The molecule has 0 spiro atoms. The summed E-state index contributed by atoms with van der Waals surface area (Å²) in [6.45, 7) is 1.72. The Labute approximate surface area is 82.1 Å². The van der Waals surface area contributed by atoms with E-state index < -0.39 is 0 Å². The van der Waals surface area contributed by atoms with Crippen LogP contribution in [0.2, 0.25) is 0 Å². The van der Waals surface area contributed by atoms with Crippen molar-refractivity contribution in [3.05, 3.63) is 30.1 Å². The molecule has 1 N–H and O–H groups in total. The predicted molar refractivity (Wildman–Crippen MR) is 54.3 cm³/mol. The van der Waals surface area contributed by atoms with Crippen LogP contribution < -0.4 is 0 Å². The minimum atomic E-state index is 0.530. The topological polar surface area (TPSA) is 37.9 Å². The van der Waals surface area contributed by atoms with Gasteiger partial charge in [0.2, 0.25) is 0 Å². The van der Waals surface area contributed by atoms with Gasteiger partial charge in [-0.15, -0.1) is 0 Å². The average molecular weight is 188 g/mol. The molecular formula is C11H12N2O. The molecule has 2 heterocycles. The van der Waals surface area contributed by atoms with Gasteiger partial charge < -0.3 is 9.72 Å². The van der Waals surface area contributed by atoms with Crippen molar-refractivity contribution in [2.75, 3.05) is 13.2 Å². The third-order valence-corrected chi connectivity index (χ3v) is 2.85. The first-order valence-corrected chi connectivity index (χ1v) is 4.95. The Balaban J connectivity index is 2.14. The molecule has 3 nitrogen and oxygen atoms in total. The number of hydrogen-bond acceptors (Lipinski definition) is 2. The van der Waals surface area contributed by atoms with Gasteiger partial charge in [-0.05, 0) is 18.1 Å². The van der Waals surface area contributed by atoms with Crippen molar-refractivity contribution in [2.24, 2.45) is 0 Å². The van der Waals surface area contributed by atoms with Gasteiger partial charge in [-0.1, -0.05) is 12.1 Å². The third kappa shape index (κ3) is 1.13. The molecule has 0 radical (unpaired) electrons. The molecular weight excluding hydrogens is 176 g/mol. The summed E-state index contributed by atoms with van der Waals surface area (Å²) in [6, 6.07) is 6.29. The van der Waals surface area contributed by atoms with Crippen molar-refractivity contribution in [1.29, 1.82) is 0 Å². The first-order chi connectivity index (χ1) is 6.95. The van der Waals surface area contributed by atoms with E-state index in [9.17, 15) is 0 Å². The molecule has 72 valence electrons. The van der Waals surface area contributed by atoms with Gasteiger partial charge >= 0.3 is 0 Å². The van der Waals surface area contributed by atoms with Crippen LogP contribution in [0.4, 0.5) is 0 Å². The van der Waals surface area contributed by atoms with Crippen molar-refractivity contribution >= 4 is 11.0 Å². The van der Waals surface area contributed by atoms with Crippen LogP contribution in [0.1, 0.15) is 17.9 Å². The second-order valence-corrected chi connectivity index (χ2v) is 3.71. The first kappa shape index (κ1) is 8.00. The van der Waals surface area contributed by atoms with Gasteiger partial charge in [0.05, 0.1) is 24.0 Å². The molecule has 0 bridgehead atoms. The van der Waals surface area contributed by atoms with E-state index in [1.165, 1.54) is 5.56 Å². The predicted octanol–water partition coefficient (Wildman–Crippen LogP) is 2.07. The molecule has 3 heteroatoms. The maximum absolute atomic E-state index is 5.40. The maximum Gasteiger partial charge on any atom is 0.0931 e. The van der Waals surface area contributed by atoms with E-state index in [0.717, 1.165) is 30.7 Å². The number of aromatic nitrogens is 2. The van der Waals surface area contributed by atoms with Crippen molar-refractivity contribution in [3.8, 4) is 0 Å². The summed E-state index contributed by atoms with van der Waals surface area (Å²) in [5.41, 5.74) is 3.54. The highest BCUT2D eigenvalue weighted by atomic mass is 16.5. The number of imidazole rings is 1. The molecule has 0 saturated carbocycles. The number of aromatic amines is 1. The van der Waals surface area contributed by atoms with Gasteiger partial charge in [-0.3, -0.25) is 0 Å². The van der Waals surface area contributed by atoms with E-state index in [1.807, 2.05) is 0 Å². The van der Waals surface area contributed by atoms with Gasteiger partial charge in [-0.25, -0.2) is 4.98 Å². The van der Waals surface area contributed by atoms with Crippen molar-refractivity contribution in [1.82, 2.24) is 9.97 Å². The summed E-state index contributed by atoms with van der Waals surface area (Å²) in [5, 5.41) is 0. The molecule has 1 aromatic heterocycles. The monoisotopic (exact) mass is 188 g/mol. The standard InChI is InChI=1S/C11H12N2O/c1-2-9(8-4-5-14-6-8)11-10(3-1)12-7-13-11/h1-3,7-8H,4-6H2,(H,12,13). The van der Waals surface area contributed by atoms with Crippen LogP contribution in [0.25, 0.3) is 11.0 Å². The zero-order valence-electron chi connectivity index (χ0n) is 7.86. The van der Waals surface area contributed by atoms with Crippen LogP contribution in [-0.4, -0.2) is 23.2 Å². The van der Waals surface area contributed by atoms with Gasteiger partial charge in [0.1, 0.15) is 0 Å². The number of fused-ring (bicyclic) bond motifs is 1. The smallest absolute Gasteiger partial charge is 0.0931 e.